The van der Waals surface area contributed by atoms with Crippen molar-refractivity contribution in [3.05, 3.63) is 53.1 Å². The predicted molar refractivity (Wildman–Crippen MR) is 98.3 cm³/mol. The van der Waals surface area contributed by atoms with Crippen LogP contribution in [0.5, 0.6) is 11.5 Å². The summed E-state index contributed by atoms with van der Waals surface area (Å²) >= 11 is 0. The van der Waals surface area contributed by atoms with Gasteiger partial charge in [-0.05, 0) is 29.8 Å². The van der Waals surface area contributed by atoms with Gasteiger partial charge in [0.2, 0.25) is 18.6 Å². The monoisotopic (exact) mass is 366 g/mol. The Hall–Kier alpha value is -3.55. The number of hydrogen-bond donors (Lipinski definition) is 2. The number of amides is 2. The van der Waals surface area contributed by atoms with Crippen LogP contribution in [-0.2, 0) is 16.0 Å². The van der Waals surface area contributed by atoms with Gasteiger partial charge < -0.3 is 20.9 Å². The summed E-state index contributed by atoms with van der Waals surface area (Å²) in [6.45, 7) is 1.48. The molecule has 1 unspecified atom stereocenters. The molecule has 0 bridgehead atoms. The second-order valence-corrected chi connectivity index (χ2v) is 6.42. The van der Waals surface area contributed by atoms with Gasteiger partial charge in [0, 0.05) is 30.2 Å². The molecule has 4 rings (SSSR count). The van der Waals surface area contributed by atoms with Crippen LogP contribution >= 0.6 is 0 Å². The molecule has 8 nitrogen and oxygen atoms in total. The first kappa shape index (κ1) is 16.9. The van der Waals surface area contributed by atoms with E-state index in [0.717, 1.165) is 21.7 Å². The summed E-state index contributed by atoms with van der Waals surface area (Å²) in [7, 11) is 0. The number of carbonyl (C=O) groups is 2. The molecular weight excluding hydrogens is 348 g/mol. The zero-order valence-corrected chi connectivity index (χ0v) is 14.6. The summed E-state index contributed by atoms with van der Waals surface area (Å²) in [4.78, 5) is 24.2. The number of benzene rings is 2. The van der Waals surface area contributed by atoms with Crippen LogP contribution < -0.4 is 20.9 Å². The van der Waals surface area contributed by atoms with E-state index in [1.54, 1.807) is 12.1 Å². The molecule has 0 radical (unpaired) electrons. The Morgan fingerprint density at radius 3 is 2.44 bits per heavy atom. The van der Waals surface area contributed by atoms with Crippen LogP contribution in [0.2, 0.25) is 0 Å². The molecule has 2 aliphatic heterocycles. The second-order valence-electron chi connectivity index (χ2n) is 6.42. The summed E-state index contributed by atoms with van der Waals surface area (Å²) in [6, 6.07) is 9.85. The molecule has 2 aromatic carbocycles. The quantitative estimate of drug-likeness (QED) is 0.769. The van der Waals surface area contributed by atoms with Gasteiger partial charge >= 0.3 is 0 Å². The van der Waals surface area contributed by atoms with Crippen molar-refractivity contribution in [2.75, 3.05) is 12.5 Å². The zero-order chi connectivity index (χ0) is 19.1. The molecule has 4 N–H and O–H groups in total. The van der Waals surface area contributed by atoms with Crippen molar-refractivity contribution in [1.29, 1.82) is 0 Å². The van der Waals surface area contributed by atoms with Gasteiger partial charge in [0.25, 0.3) is 0 Å². The molecule has 138 valence electrons. The third-order valence-corrected chi connectivity index (χ3v) is 4.60. The number of nitrogen functional groups attached to an aromatic ring is 1. The van der Waals surface area contributed by atoms with Gasteiger partial charge in [0.1, 0.15) is 6.04 Å². The summed E-state index contributed by atoms with van der Waals surface area (Å²) in [5, 5.41) is 5.65. The Labute approximate surface area is 155 Å². The van der Waals surface area contributed by atoms with Crippen molar-refractivity contribution in [2.45, 2.75) is 19.4 Å². The Bertz CT molecular complexity index is 968. The van der Waals surface area contributed by atoms with E-state index in [-0.39, 0.29) is 19.1 Å². The summed E-state index contributed by atoms with van der Waals surface area (Å²) in [5.41, 5.74) is 14.8. The maximum atomic E-state index is 12.2. The minimum Gasteiger partial charge on any atom is -0.454 e. The fraction of sp³-hybridized carbons (Fsp3) is 0.211. The number of hydrazone groups is 1. The van der Waals surface area contributed by atoms with Crippen molar-refractivity contribution in [1.82, 2.24) is 5.01 Å². The van der Waals surface area contributed by atoms with Gasteiger partial charge in [0.15, 0.2) is 11.5 Å². The summed E-state index contributed by atoms with van der Waals surface area (Å²) in [5.74, 6) is 0.171. The van der Waals surface area contributed by atoms with Crippen molar-refractivity contribution in [3.8, 4) is 11.5 Å². The molecule has 2 heterocycles. The van der Waals surface area contributed by atoms with Crippen LogP contribution in [-0.4, -0.2) is 35.4 Å². The van der Waals surface area contributed by atoms with Crippen LogP contribution in [0.25, 0.3) is 0 Å². The number of anilines is 1. The van der Waals surface area contributed by atoms with Crippen molar-refractivity contribution in [2.24, 2.45) is 10.8 Å². The van der Waals surface area contributed by atoms with E-state index >= 15 is 0 Å². The molecule has 2 aromatic rings. The van der Waals surface area contributed by atoms with Crippen LogP contribution in [0.15, 0.2) is 41.5 Å². The highest BCUT2D eigenvalue weighted by molar-refractivity contribution is 6.15. The molecule has 2 amide bonds. The molecule has 0 saturated heterocycles. The number of carbonyl (C=O) groups excluding carboxylic acids is 2. The number of rotatable bonds is 2. The minimum absolute atomic E-state index is 0.130. The van der Waals surface area contributed by atoms with Gasteiger partial charge in [-0.1, -0.05) is 12.1 Å². The maximum Gasteiger partial charge on any atom is 0.242 e. The fourth-order valence-electron chi connectivity index (χ4n) is 3.26. The Kier molecular flexibility index (Phi) is 3.95. The lowest BCUT2D eigenvalue weighted by molar-refractivity contribution is -0.137. The molecule has 0 spiro atoms. The SMILES string of the molecule is CC(=O)N1N=C(c2ccc(N)cc2)c2cc3c(cc2CC1C(N)=O)OCO3. The normalized spacial score (nSPS) is 17.7. The molecule has 8 heteroatoms. The first-order valence-electron chi connectivity index (χ1n) is 8.40. The average Bonchev–Trinajstić information content (AvgIpc) is 3.01. The summed E-state index contributed by atoms with van der Waals surface area (Å²) in [6.07, 6.45) is 0.225. The van der Waals surface area contributed by atoms with E-state index in [1.165, 1.54) is 6.92 Å². The number of fused-ring (bicyclic) bond motifs is 2. The average molecular weight is 366 g/mol. The van der Waals surface area contributed by atoms with Gasteiger partial charge in [-0.15, -0.1) is 0 Å². The van der Waals surface area contributed by atoms with E-state index in [2.05, 4.69) is 5.10 Å². The number of nitrogens with two attached hydrogens (primary N) is 2. The first-order valence-corrected chi connectivity index (χ1v) is 8.40. The number of ether oxygens (including phenoxy) is 2. The molecule has 27 heavy (non-hydrogen) atoms. The molecule has 1 atom stereocenters. The topological polar surface area (TPSA) is 120 Å². The van der Waals surface area contributed by atoms with Gasteiger partial charge in [0.05, 0.1) is 5.71 Å². The molecular formula is C19H18N4O4. The summed E-state index contributed by atoms with van der Waals surface area (Å²) < 4.78 is 10.9. The maximum absolute atomic E-state index is 12.2. The van der Waals surface area contributed by atoms with Crippen molar-refractivity contribution in [3.63, 3.8) is 0 Å². The fourth-order valence-corrected chi connectivity index (χ4v) is 3.26. The number of hydrogen-bond acceptors (Lipinski definition) is 6. The minimum atomic E-state index is -0.895. The second kappa shape index (κ2) is 6.31. The molecule has 0 fully saturated rings. The van der Waals surface area contributed by atoms with Gasteiger partial charge in [-0.2, -0.15) is 5.10 Å². The Balaban J connectivity index is 1.95. The standard InChI is InChI=1S/C19H18N4O4/c1-10(24)23-15(19(21)25)6-12-7-16-17(27-9-26-16)8-14(12)18(22-23)11-2-4-13(20)5-3-11/h2-5,7-8,15H,6,9,20H2,1H3,(H2,21,25). The van der Waals surface area contributed by atoms with E-state index in [1.807, 2.05) is 24.3 Å². The van der Waals surface area contributed by atoms with Crippen LogP contribution in [0, 0.1) is 0 Å². The van der Waals surface area contributed by atoms with E-state index in [4.69, 9.17) is 20.9 Å². The molecule has 0 aromatic heterocycles. The largest absolute Gasteiger partial charge is 0.454 e. The highest BCUT2D eigenvalue weighted by Gasteiger charge is 2.33. The molecule has 2 aliphatic rings. The number of nitrogens with zero attached hydrogens (tertiary/aromatic N) is 2. The highest BCUT2D eigenvalue weighted by Crippen LogP contribution is 2.37. The Morgan fingerprint density at radius 2 is 1.81 bits per heavy atom. The lowest BCUT2D eigenvalue weighted by Gasteiger charge is -2.22. The highest BCUT2D eigenvalue weighted by atomic mass is 16.7. The van der Waals surface area contributed by atoms with Crippen molar-refractivity contribution < 1.29 is 19.1 Å². The van der Waals surface area contributed by atoms with E-state index in [0.29, 0.717) is 22.9 Å². The predicted octanol–water partition coefficient (Wildman–Crippen LogP) is 1.01. The van der Waals surface area contributed by atoms with E-state index < -0.39 is 11.9 Å². The smallest absolute Gasteiger partial charge is 0.242 e. The lowest BCUT2D eigenvalue weighted by atomic mass is 9.93. The molecule has 0 saturated carbocycles. The first-order chi connectivity index (χ1) is 12.9. The van der Waals surface area contributed by atoms with Gasteiger partial charge in [-0.25, -0.2) is 5.01 Å². The third-order valence-electron chi connectivity index (χ3n) is 4.60. The zero-order valence-electron chi connectivity index (χ0n) is 14.6. The Morgan fingerprint density at radius 1 is 1.15 bits per heavy atom. The third kappa shape index (κ3) is 2.95. The van der Waals surface area contributed by atoms with Crippen LogP contribution in [0.4, 0.5) is 5.69 Å². The van der Waals surface area contributed by atoms with Crippen molar-refractivity contribution >= 4 is 23.2 Å². The van der Waals surface area contributed by atoms with Gasteiger partial charge in [-0.3, -0.25) is 9.59 Å². The number of primary amides is 1. The van der Waals surface area contributed by atoms with Crippen LogP contribution in [0.1, 0.15) is 23.6 Å². The van der Waals surface area contributed by atoms with Crippen LogP contribution in [0.3, 0.4) is 0 Å². The lowest BCUT2D eigenvalue weighted by Crippen LogP contribution is -2.45. The molecule has 0 aliphatic carbocycles. The van der Waals surface area contributed by atoms with E-state index in [9.17, 15) is 9.59 Å².